The molecule has 0 fully saturated rings. The van der Waals surface area contributed by atoms with Crippen molar-refractivity contribution in [2.24, 2.45) is 5.92 Å². The minimum Gasteiger partial charge on any atom is -0.338 e. The summed E-state index contributed by atoms with van der Waals surface area (Å²) >= 11 is 2.06. The van der Waals surface area contributed by atoms with Crippen LogP contribution >= 0.6 is 11.3 Å². The van der Waals surface area contributed by atoms with Gasteiger partial charge in [-0.05, 0) is 103 Å². The van der Waals surface area contributed by atoms with Crippen molar-refractivity contribution in [3.05, 3.63) is 172 Å². The molecule has 6 aromatic rings. The molecule has 0 aliphatic heterocycles. The first kappa shape index (κ1) is 29.5. The summed E-state index contributed by atoms with van der Waals surface area (Å²) in [7, 11) is 0. The van der Waals surface area contributed by atoms with Gasteiger partial charge in [0.25, 0.3) is 0 Å². The van der Waals surface area contributed by atoms with E-state index in [1.165, 1.54) is 71.7 Å². The fourth-order valence-corrected chi connectivity index (χ4v) is 10.6. The van der Waals surface area contributed by atoms with E-state index in [2.05, 4.69) is 169 Å². The normalized spacial score (nSPS) is 21.9. The SMILES string of the molecule is Cc1cccc(N(c2ccccc2)C2CC/C=C\c3c(sc4c5c(ccc34)C(c3ccccc3)(C3CC=CCC3)c3ccccc3-5)C2)c1. The number of hydrogen-bond acceptors (Lipinski definition) is 2. The predicted octanol–water partition coefficient (Wildman–Crippen LogP) is 12.4. The van der Waals surface area contributed by atoms with E-state index >= 15 is 0 Å². The summed E-state index contributed by atoms with van der Waals surface area (Å²) in [6.07, 6.45) is 16.4. The van der Waals surface area contributed by atoms with Gasteiger partial charge in [0.05, 0.1) is 0 Å². The number of para-hydroxylation sites is 1. The van der Waals surface area contributed by atoms with Crippen LogP contribution in [-0.4, -0.2) is 6.04 Å². The Kier molecular flexibility index (Phi) is 7.43. The molecule has 2 heteroatoms. The zero-order valence-corrected chi connectivity index (χ0v) is 28.4. The maximum atomic E-state index is 2.61. The third kappa shape index (κ3) is 4.65. The molecule has 48 heavy (non-hydrogen) atoms. The van der Waals surface area contributed by atoms with Gasteiger partial charge in [0.15, 0.2) is 0 Å². The number of anilines is 2. The lowest BCUT2D eigenvalue weighted by Gasteiger charge is -2.41. The first-order valence-corrected chi connectivity index (χ1v) is 18.5. The van der Waals surface area contributed by atoms with Crippen LogP contribution in [-0.2, 0) is 11.8 Å². The van der Waals surface area contributed by atoms with E-state index in [-0.39, 0.29) is 5.41 Å². The minimum atomic E-state index is -0.155. The topological polar surface area (TPSA) is 3.24 Å². The van der Waals surface area contributed by atoms with Crippen molar-refractivity contribution in [1.82, 2.24) is 0 Å². The van der Waals surface area contributed by atoms with E-state index in [0.717, 1.165) is 32.1 Å². The van der Waals surface area contributed by atoms with Crippen molar-refractivity contribution >= 4 is 38.9 Å². The first-order valence-electron chi connectivity index (χ1n) is 17.7. The van der Waals surface area contributed by atoms with Gasteiger partial charge in [-0.25, -0.2) is 0 Å². The van der Waals surface area contributed by atoms with E-state index in [0.29, 0.717) is 12.0 Å². The van der Waals surface area contributed by atoms with Crippen LogP contribution in [0.3, 0.4) is 0 Å². The molecule has 1 heterocycles. The van der Waals surface area contributed by atoms with E-state index in [4.69, 9.17) is 0 Å². The molecule has 236 valence electrons. The van der Waals surface area contributed by atoms with E-state index in [1.54, 1.807) is 0 Å². The van der Waals surface area contributed by atoms with Crippen LogP contribution in [0.25, 0.3) is 27.3 Å². The van der Waals surface area contributed by atoms with Crippen LogP contribution in [0.2, 0.25) is 0 Å². The molecule has 9 rings (SSSR count). The number of rotatable bonds is 5. The smallest absolute Gasteiger partial charge is 0.0495 e. The summed E-state index contributed by atoms with van der Waals surface area (Å²) < 4.78 is 1.46. The largest absolute Gasteiger partial charge is 0.338 e. The Hall–Kier alpha value is -4.66. The number of nitrogens with zero attached hydrogens (tertiary/aromatic N) is 1. The highest BCUT2D eigenvalue weighted by Gasteiger charge is 2.50. The highest BCUT2D eigenvalue weighted by Crippen LogP contribution is 2.61. The quantitative estimate of drug-likeness (QED) is 0.170. The lowest BCUT2D eigenvalue weighted by atomic mass is 9.61. The molecule has 3 aliphatic rings. The Bertz CT molecular complexity index is 2170. The second kappa shape index (κ2) is 12.1. The average molecular weight is 640 g/mol. The van der Waals surface area contributed by atoms with Crippen LogP contribution in [0, 0.1) is 12.8 Å². The lowest BCUT2D eigenvalue weighted by Crippen LogP contribution is -2.36. The van der Waals surface area contributed by atoms with Crippen LogP contribution in [0.1, 0.15) is 64.8 Å². The second-order valence-corrected chi connectivity index (χ2v) is 15.0. The summed E-state index contributed by atoms with van der Waals surface area (Å²) in [6.45, 7) is 2.20. The molecule has 0 saturated heterocycles. The Labute approximate surface area is 288 Å². The molecular formula is C46H41NS. The van der Waals surface area contributed by atoms with Gasteiger partial charge in [-0.1, -0.05) is 121 Å². The summed E-state index contributed by atoms with van der Waals surface area (Å²) in [5.74, 6) is 0.517. The van der Waals surface area contributed by atoms with Crippen molar-refractivity contribution in [2.45, 2.75) is 56.9 Å². The van der Waals surface area contributed by atoms with Crippen molar-refractivity contribution in [3.63, 3.8) is 0 Å². The van der Waals surface area contributed by atoms with Gasteiger partial charge in [0.1, 0.15) is 0 Å². The molecule has 3 atom stereocenters. The Morgan fingerprint density at radius 1 is 0.688 bits per heavy atom. The standard InChI is InChI=1S/C46H41NS/c1-32-16-15-24-36(30-32)47(35-21-9-4-10-22-35)37-23-11-12-25-38-39-28-29-42-44(45(39)48-43(38)31-37)40-26-13-14-27-41(40)46(42,33-17-5-2-6-18-33)34-19-7-3-8-20-34/h2-7,9-10,12-18,21-22,24-30,34,37H,8,11,19-20,23,31H2,1H3/b25-12-. The van der Waals surface area contributed by atoms with Gasteiger partial charge in [-0.15, -0.1) is 11.3 Å². The number of benzene rings is 5. The highest BCUT2D eigenvalue weighted by atomic mass is 32.1. The molecule has 1 nitrogen and oxygen atoms in total. The van der Waals surface area contributed by atoms with E-state index < -0.39 is 0 Å². The highest BCUT2D eigenvalue weighted by molar-refractivity contribution is 7.20. The third-order valence-corrected chi connectivity index (χ3v) is 12.4. The number of fused-ring (bicyclic) bond motifs is 7. The zero-order valence-electron chi connectivity index (χ0n) is 27.6. The van der Waals surface area contributed by atoms with Crippen LogP contribution < -0.4 is 4.90 Å². The Morgan fingerprint density at radius 3 is 2.27 bits per heavy atom. The Morgan fingerprint density at radius 2 is 1.46 bits per heavy atom. The van der Waals surface area contributed by atoms with Gasteiger partial charge < -0.3 is 4.90 Å². The molecular weight excluding hydrogens is 599 g/mol. The molecule has 1 aromatic heterocycles. The fraction of sp³-hybridized carbons (Fsp3) is 0.217. The Balaban J connectivity index is 1.24. The van der Waals surface area contributed by atoms with Crippen molar-refractivity contribution < 1.29 is 0 Å². The van der Waals surface area contributed by atoms with E-state index in [1.807, 2.05) is 0 Å². The summed E-state index contributed by atoms with van der Waals surface area (Å²) in [5.41, 5.74) is 12.4. The van der Waals surface area contributed by atoms with Gasteiger partial charge in [0.2, 0.25) is 0 Å². The minimum absolute atomic E-state index is 0.155. The maximum Gasteiger partial charge on any atom is 0.0495 e. The number of allylic oxidation sites excluding steroid dienone is 3. The first-order chi connectivity index (χ1) is 23.7. The van der Waals surface area contributed by atoms with Gasteiger partial charge >= 0.3 is 0 Å². The molecule has 0 bridgehead atoms. The molecule has 0 N–H and O–H groups in total. The molecule has 0 amide bonds. The van der Waals surface area contributed by atoms with Gasteiger partial charge in [-0.2, -0.15) is 0 Å². The lowest BCUT2D eigenvalue weighted by molar-refractivity contribution is 0.349. The van der Waals surface area contributed by atoms with Crippen molar-refractivity contribution in [3.8, 4) is 11.1 Å². The molecule has 3 unspecified atom stereocenters. The third-order valence-electron chi connectivity index (χ3n) is 11.2. The molecule has 3 aliphatic carbocycles. The number of aryl methyl sites for hydroxylation is 1. The van der Waals surface area contributed by atoms with Crippen LogP contribution in [0.15, 0.2) is 140 Å². The van der Waals surface area contributed by atoms with Crippen LogP contribution in [0.4, 0.5) is 11.4 Å². The van der Waals surface area contributed by atoms with Crippen molar-refractivity contribution in [1.29, 1.82) is 0 Å². The summed E-state index contributed by atoms with van der Waals surface area (Å²) in [5, 5.41) is 1.41. The summed E-state index contributed by atoms with van der Waals surface area (Å²) in [4.78, 5) is 4.11. The average Bonchev–Trinajstić information content (AvgIpc) is 3.62. The summed E-state index contributed by atoms with van der Waals surface area (Å²) in [6, 6.07) is 46.2. The maximum absolute atomic E-state index is 2.61. The second-order valence-electron chi connectivity index (χ2n) is 13.9. The van der Waals surface area contributed by atoms with Gasteiger partial charge in [-0.3, -0.25) is 0 Å². The molecule has 0 spiro atoms. The predicted molar refractivity (Wildman–Crippen MR) is 206 cm³/mol. The number of thiophene rings is 1. The number of hydrogen-bond donors (Lipinski definition) is 0. The molecule has 5 aromatic carbocycles. The van der Waals surface area contributed by atoms with Gasteiger partial charge in [0, 0.05) is 49.8 Å². The fourth-order valence-electron chi connectivity index (χ4n) is 9.19. The zero-order chi connectivity index (χ0) is 32.1. The molecule has 0 radical (unpaired) electrons. The van der Waals surface area contributed by atoms with Crippen LogP contribution in [0.5, 0.6) is 0 Å². The monoisotopic (exact) mass is 639 g/mol. The van der Waals surface area contributed by atoms with E-state index in [9.17, 15) is 0 Å². The molecule has 0 saturated carbocycles. The van der Waals surface area contributed by atoms with Crippen molar-refractivity contribution in [2.75, 3.05) is 4.90 Å².